The van der Waals surface area contributed by atoms with Crippen molar-refractivity contribution in [1.29, 1.82) is 0 Å². The molecule has 0 aliphatic rings. The SMILES string of the molecule is CCOC(=O)c1nc(-c2ccc(C)cc2)c2nonc2c1-c1ccc(C)cc1. The molecule has 6 nitrogen and oxygen atoms in total. The van der Waals surface area contributed by atoms with E-state index in [4.69, 9.17) is 9.37 Å². The quantitative estimate of drug-likeness (QED) is 0.481. The monoisotopic (exact) mass is 373 g/mol. The highest BCUT2D eigenvalue weighted by Crippen LogP contribution is 2.35. The van der Waals surface area contributed by atoms with Gasteiger partial charge in [0, 0.05) is 11.1 Å². The van der Waals surface area contributed by atoms with Gasteiger partial charge in [-0.15, -0.1) is 0 Å². The first-order valence-electron chi connectivity index (χ1n) is 9.06. The fourth-order valence-corrected chi connectivity index (χ4v) is 3.09. The molecule has 0 saturated heterocycles. The molecule has 2 aromatic heterocycles. The van der Waals surface area contributed by atoms with Crippen molar-refractivity contribution in [2.45, 2.75) is 20.8 Å². The molecule has 140 valence electrons. The Balaban J connectivity index is 2.03. The zero-order valence-electron chi connectivity index (χ0n) is 15.9. The van der Waals surface area contributed by atoms with Crippen molar-refractivity contribution in [3.8, 4) is 22.4 Å². The van der Waals surface area contributed by atoms with Crippen LogP contribution in [0.2, 0.25) is 0 Å². The number of aryl methyl sites for hydroxylation is 2. The van der Waals surface area contributed by atoms with Crippen LogP contribution in [-0.4, -0.2) is 27.9 Å². The minimum Gasteiger partial charge on any atom is -0.461 e. The molecule has 0 aliphatic heterocycles. The highest BCUT2D eigenvalue weighted by molar-refractivity contribution is 6.07. The summed E-state index contributed by atoms with van der Waals surface area (Å²) in [6.07, 6.45) is 0. The maximum atomic E-state index is 12.7. The van der Waals surface area contributed by atoms with Crippen molar-refractivity contribution in [3.05, 3.63) is 65.4 Å². The van der Waals surface area contributed by atoms with Crippen LogP contribution in [0.15, 0.2) is 53.2 Å². The number of carbonyl (C=O) groups excluding carboxylic acids is 1. The molecule has 6 heteroatoms. The van der Waals surface area contributed by atoms with Crippen LogP contribution in [-0.2, 0) is 4.74 Å². The van der Waals surface area contributed by atoms with Gasteiger partial charge in [-0.25, -0.2) is 14.4 Å². The predicted octanol–water partition coefficient (Wildman–Crippen LogP) is 4.75. The zero-order chi connectivity index (χ0) is 19.7. The van der Waals surface area contributed by atoms with Crippen molar-refractivity contribution in [2.75, 3.05) is 6.61 Å². The number of carbonyl (C=O) groups is 1. The first-order valence-corrected chi connectivity index (χ1v) is 9.06. The van der Waals surface area contributed by atoms with Gasteiger partial charge >= 0.3 is 5.97 Å². The minimum absolute atomic E-state index is 0.199. The summed E-state index contributed by atoms with van der Waals surface area (Å²) in [6.45, 7) is 6.03. The lowest BCUT2D eigenvalue weighted by atomic mass is 9.98. The molecule has 0 unspecified atom stereocenters. The van der Waals surface area contributed by atoms with Crippen LogP contribution in [0.5, 0.6) is 0 Å². The first kappa shape index (κ1) is 17.9. The van der Waals surface area contributed by atoms with E-state index in [2.05, 4.69) is 15.3 Å². The van der Waals surface area contributed by atoms with Gasteiger partial charge in [0.2, 0.25) is 0 Å². The summed E-state index contributed by atoms with van der Waals surface area (Å²) in [6, 6.07) is 15.6. The number of benzene rings is 2. The van der Waals surface area contributed by atoms with Crippen LogP contribution in [0.3, 0.4) is 0 Å². The third-order valence-electron chi connectivity index (χ3n) is 4.54. The van der Waals surface area contributed by atoms with E-state index >= 15 is 0 Å². The van der Waals surface area contributed by atoms with Crippen LogP contribution < -0.4 is 0 Å². The van der Waals surface area contributed by atoms with Crippen LogP contribution in [0.1, 0.15) is 28.5 Å². The van der Waals surface area contributed by atoms with Gasteiger partial charge in [0.05, 0.1) is 6.61 Å². The third-order valence-corrected chi connectivity index (χ3v) is 4.54. The molecule has 0 aliphatic carbocycles. The Morgan fingerprint density at radius 1 is 0.893 bits per heavy atom. The molecule has 0 saturated carbocycles. The Bertz CT molecular complexity index is 1150. The van der Waals surface area contributed by atoms with Crippen molar-refractivity contribution in [2.24, 2.45) is 0 Å². The summed E-state index contributed by atoms with van der Waals surface area (Å²) < 4.78 is 10.3. The van der Waals surface area contributed by atoms with Gasteiger partial charge in [0.15, 0.2) is 11.2 Å². The minimum atomic E-state index is -0.503. The van der Waals surface area contributed by atoms with E-state index in [-0.39, 0.29) is 12.3 Å². The average Bonchev–Trinajstić information content (AvgIpc) is 3.18. The van der Waals surface area contributed by atoms with Gasteiger partial charge in [0.25, 0.3) is 0 Å². The predicted molar refractivity (Wildman–Crippen MR) is 106 cm³/mol. The van der Waals surface area contributed by atoms with Gasteiger partial charge in [-0.05, 0) is 36.6 Å². The molecule has 0 N–H and O–H groups in total. The van der Waals surface area contributed by atoms with Crippen molar-refractivity contribution in [1.82, 2.24) is 15.3 Å². The smallest absolute Gasteiger partial charge is 0.357 e. The second-order valence-electron chi connectivity index (χ2n) is 6.60. The number of rotatable bonds is 4. The Morgan fingerprint density at radius 3 is 2.07 bits per heavy atom. The van der Waals surface area contributed by atoms with Crippen LogP contribution in [0.25, 0.3) is 33.4 Å². The molecular formula is C22H19N3O3. The summed E-state index contributed by atoms with van der Waals surface area (Å²) >= 11 is 0. The second-order valence-corrected chi connectivity index (χ2v) is 6.60. The molecule has 28 heavy (non-hydrogen) atoms. The second kappa shape index (κ2) is 7.23. The molecule has 0 fully saturated rings. The zero-order valence-corrected chi connectivity index (χ0v) is 15.9. The highest BCUT2D eigenvalue weighted by atomic mass is 16.6. The topological polar surface area (TPSA) is 78.1 Å². The average molecular weight is 373 g/mol. The number of aromatic nitrogens is 3. The summed E-state index contributed by atoms with van der Waals surface area (Å²) in [5.41, 5.74) is 6.15. The van der Waals surface area contributed by atoms with E-state index in [1.807, 2.05) is 62.4 Å². The molecule has 0 spiro atoms. The third kappa shape index (κ3) is 3.13. The number of hydrogen-bond donors (Lipinski definition) is 0. The summed E-state index contributed by atoms with van der Waals surface area (Å²) in [5.74, 6) is -0.503. The molecule has 0 atom stereocenters. The van der Waals surface area contributed by atoms with Crippen molar-refractivity contribution in [3.63, 3.8) is 0 Å². The summed E-state index contributed by atoms with van der Waals surface area (Å²) in [4.78, 5) is 17.4. The molecule has 2 aromatic carbocycles. The molecule has 0 bridgehead atoms. The van der Waals surface area contributed by atoms with E-state index in [9.17, 15) is 4.79 Å². The van der Waals surface area contributed by atoms with Crippen molar-refractivity contribution >= 4 is 17.0 Å². The maximum Gasteiger partial charge on any atom is 0.357 e. The van der Waals surface area contributed by atoms with E-state index in [0.29, 0.717) is 22.3 Å². The maximum absolute atomic E-state index is 12.7. The van der Waals surface area contributed by atoms with Crippen molar-refractivity contribution < 1.29 is 14.2 Å². The Kier molecular flexibility index (Phi) is 4.61. The van der Waals surface area contributed by atoms with E-state index in [1.54, 1.807) is 6.92 Å². The lowest BCUT2D eigenvalue weighted by Gasteiger charge is -2.12. The fourth-order valence-electron chi connectivity index (χ4n) is 3.09. The fraction of sp³-hybridized carbons (Fsp3) is 0.182. The van der Waals surface area contributed by atoms with E-state index in [1.165, 1.54) is 0 Å². The molecule has 4 rings (SSSR count). The van der Waals surface area contributed by atoms with Gasteiger partial charge < -0.3 is 4.74 Å². The number of pyridine rings is 1. The number of ether oxygens (including phenoxy) is 1. The molecule has 4 aromatic rings. The van der Waals surface area contributed by atoms with Crippen LogP contribution in [0.4, 0.5) is 0 Å². The van der Waals surface area contributed by atoms with E-state index in [0.717, 1.165) is 22.3 Å². The number of esters is 1. The Labute approximate surface area is 162 Å². The molecule has 0 amide bonds. The Morgan fingerprint density at radius 2 is 1.46 bits per heavy atom. The number of fused-ring (bicyclic) bond motifs is 1. The normalized spacial score (nSPS) is 11.0. The highest BCUT2D eigenvalue weighted by Gasteiger charge is 2.25. The number of hydrogen-bond acceptors (Lipinski definition) is 6. The van der Waals surface area contributed by atoms with Crippen LogP contribution in [0, 0.1) is 13.8 Å². The number of nitrogens with zero attached hydrogens (tertiary/aromatic N) is 3. The standard InChI is InChI=1S/C22H19N3O3/c1-4-27-22(26)20-17(15-9-5-13(2)6-10-15)19-21(25-28-24-19)18(23-20)16-11-7-14(3)8-12-16/h5-12H,4H2,1-3H3. The van der Waals surface area contributed by atoms with Gasteiger partial charge in [-0.3, -0.25) is 0 Å². The van der Waals surface area contributed by atoms with E-state index < -0.39 is 5.97 Å². The molecule has 2 heterocycles. The lowest BCUT2D eigenvalue weighted by Crippen LogP contribution is -2.10. The summed E-state index contributed by atoms with van der Waals surface area (Å²) in [7, 11) is 0. The summed E-state index contributed by atoms with van der Waals surface area (Å²) in [5, 5.41) is 8.16. The largest absolute Gasteiger partial charge is 0.461 e. The molecule has 0 radical (unpaired) electrons. The molecular weight excluding hydrogens is 354 g/mol. The van der Waals surface area contributed by atoms with Gasteiger partial charge in [-0.1, -0.05) is 59.7 Å². The lowest BCUT2D eigenvalue weighted by molar-refractivity contribution is 0.0521. The first-order chi connectivity index (χ1) is 13.6. The van der Waals surface area contributed by atoms with Crippen LogP contribution >= 0.6 is 0 Å². The van der Waals surface area contributed by atoms with Gasteiger partial charge in [0.1, 0.15) is 11.2 Å². The van der Waals surface area contributed by atoms with Gasteiger partial charge in [-0.2, -0.15) is 0 Å². The Hall–Kier alpha value is -3.54.